The van der Waals surface area contributed by atoms with Crippen LogP contribution in [0.3, 0.4) is 0 Å². The second-order valence-electron chi connectivity index (χ2n) is 7.47. The van der Waals surface area contributed by atoms with E-state index < -0.39 is 30.2 Å². The van der Waals surface area contributed by atoms with E-state index in [1.165, 1.54) is 11.0 Å². The lowest BCUT2D eigenvalue weighted by Gasteiger charge is -2.32. The van der Waals surface area contributed by atoms with Crippen molar-refractivity contribution in [3.8, 4) is 11.3 Å². The van der Waals surface area contributed by atoms with E-state index in [-0.39, 0.29) is 45.0 Å². The molecule has 1 saturated heterocycles. The summed E-state index contributed by atoms with van der Waals surface area (Å²) in [6.45, 7) is 0.113. The highest BCUT2D eigenvalue weighted by Crippen LogP contribution is 2.23. The third-order valence-corrected chi connectivity index (χ3v) is 5.33. The van der Waals surface area contributed by atoms with Gasteiger partial charge in [0.2, 0.25) is 5.91 Å². The molecule has 11 heteroatoms. The Morgan fingerprint density at radius 1 is 1.28 bits per heavy atom. The lowest BCUT2D eigenvalue weighted by Crippen LogP contribution is -2.48. The molecule has 1 amide bonds. The van der Waals surface area contributed by atoms with Crippen LogP contribution in [-0.2, 0) is 22.5 Å². The minimum atomic E-state index is -4.33. The van der Waals surface area contributed by atoms with Gasteiger partial charge in [-0.2, -0.15) is 13.2 Å². The van der Waals surface area contributed by atoms with E-state index in [1.54, 1.807) is 24.3 Å². The Kier molecular flexibility index (Phi) is 7.91. The van der Waals surface area contributed by atoms with Crippen molar-refractivity contribution >= 4 is 17.5 Å². The molecule has 1 fully saturated rings. The number of ether oxygens (including phenoxy) is 1. The van der Waals surface area contributed by atoms with E-state index in [9.17, 15) is 27.9 Å². The van der Waals surface area contributed by atoms with Crippen LogP contribution in [0.15, 0.2) is 35.1 Å². The number of amides is 1. The molecule has 2 heterocycles. The molecule has 0 spiro atoms. The first-order valence-corrected chi connectivity index (χ1v) is 10.5. The van der Waals surface area contributed by atoms with Crippen LogP contribution in [0.2, 0.25) is 5.02 Å². The minimum absolute atomic E-state index is 0.104. The highest BCUT2D eigenvalue weighted by molar-refractivity contribution is 6.30. The molecule has 174 valence electrons. The van der Waals surface area contributed by atoms with Crippen molar-refractivity contribution < 1.29 is 27.8 Å². The fourth-order valence-electron chi connectivity index (χ4n) is 3.42. The number of rotatable bonds is 7. The Balaban J connectivity index is 1.88. The zero-order chi connectivity index (χ0) is 23.3. The molecule has 1 atom stereocenters. The van der Waals surface area contributed by atoms with Gasteiger partial charge in [0.25, 0.3) is 5.56 Å². The van der Waals surface area contributed by atoms with Crippen LogP contribution in [0, 0.1) is 0 Å². The number of aliphatic hydroxyl groups excluding tert-OH is 1. The second-order valence-corrected chi connectivity index (χ2v) is 7.91. The van der Waals surface area contributed by atoms with Crippen LogP contribution >= 0.6 is 11.6 Å². The molecule has 7 nitrogen and oxygen atoms in total. The van der Waals surface area contributed by atoms with Crippen molar-refractivity contribution in [1.82, 2.24) is 14.5 Å². The van der Waals surface area contributed by atoms with E-state index in [4.69, 9.17) is 16.3 Å². The van der Waals surface area contributed by atoms with Crippen LogP contribution in [0.4, 0.5) is 13.2 Å². The molecule has 1 aromatic carbocycles. The van der Waals surface area contributed by atoms with Crippen molar-refractivity contribution in [1.29, 1.82) is 0 Å². The number of halogens is 4. The van der Waals surface area contributed by atoms with Gasteiger partial charge in [0.15, 0.2) is 0 Å². The van der Waals surface area contributed by atoms with Gasteiger partial charge in [-0.25, -0.2) is 4.98 Å². The van der Waals surface area contributed by atoms with Gasteiger partial charge in [-0.1, -0.05) is 23.7 Å². The van der Waals surface area contributed by atoms with Gasteiger partial charge in [-0.05, 0) is 18.6 Å². The summed E-state index contributed by atoms with van der Waals surface area (Å²) in [6.07, 6.45) is -6.25. The van der Waals surface area contributed by atoms with Gasteiger partial charge in [0.1, 0.15) is 12.4 Å². The molecule has 1 unspecified atom stereocenters. The predicted octanol–water partition coefficient (Wildman–Crippen LogP) is 2.67. The average Bonchev–Trinajstić information content (AvgIpc) is 2.75. The Morgan fingerprint density at radius 3 is 2.66 bits per heavy atom. The molecule has 1 aliphatic heterocycles. The molecule has 0 bridgehead atoms. The summed E-state index contributed by atoms with van der Waals surface area (Å²) in [7, 11) is 0. The van der Waals surface area contributed by atoms with E-state index in [0.717, 1.165) is 4.57 Å². The van der Waals surface area contributed by atoms with Crippen LogP contribution in [0.5, 0.6) is 0 Å². The monoisotopic (exact) mass is 473 g/mol. The van der Waals surface area contributed by atoms with E-state index in [1.807, 2.05) is 0 Å². The van der Waals surface area contributed by atoms with Crippen molar-refractivity contribution in [2.45, 2.75) is 38.1 Å². The average molecular weight is 474 g/mol. The standard InChI is InChI=1S/C21H23ClF3N3O4/c22-15-5-3-14(4-6-15)17-10-19(30)28(18(26-17)2-1-7-21(23,24)25)12-20(31)27-8-9-32-16(11-27)13-29/h3-6,10,16,29H,1-2,7-9,11-13H2. The van der Waals surface area contributed by atoms with Crippen LogP contribution in [0.1, 0.15) is 18.7 Å². The number of alkyl halides is 3. The summed E-state index contributed by atoms with van der Waals surface area (Å²) < 4.78 is 44.4. The molecule has 1 aliphatic rings. The number of aliphatic hydroxyl groups is 1. The van der Waals surface area contributed by atoms with Crippen molar-refractivity contribution in [3.05, 3.63) is 51.5 Å². The first-order chi connectivity index (χ1) is 15.2. The Bertz CT molecular complexity index is 995. The van der Waals surface area contributed by atoms with Crippen LogP contribution in [-0.4, -0.2) is 64.0 Å². The number of hydrogen-bond donors (Lipinski definition) is 1. The van der Waals surface area contributed by atoms with Gasteiger partial charge in [0.05, 0.1) is 25.0 Å². The lowest BCUT2D eigenvalue weighted by atomic mass is 10.1. The molecule has 32 heavy (non-hydrogen) atoms. The van der Waals surface area contributed by atoms with Gasteiger partial charge in [-0.3, -0.25) is 14.2 Å². The zero-order valence-electron chi connectivity index (χ0n) is 17.1. The Hall–Kier alpha value is -2.43. The number of benzene rings is 1. The summed E-state index contributed by atoms with van der Waals surface area (Å²) in [5.74, 6) is -0.293. The largest absolute Gasteiger partial charge is 0.394 e. The molecule has 0 aliphatic carbocycles. The van der Waals surface area contributed by atoms with E-state index >= 15 is 0 Å². The summed E-state index contributed by atoms with van der Waals surface area (Å²) in [4.78, 5) is 31.5. The third kappa shape index (κ3) is 6.54. The van der Waals surface area contributed by atoms with Gasteiger partial charge >= 0.3 is 6.18 Å². The van der Waals surface area contributed by atoms with E-state index in [0.29, 0.717) is 22.8 Å². The third-order valence-electron chi connectivity index (χ3n) is 5.08. The summed E-state index contributed by atoms with van der Waals surface area (Å²) in [5, 5.41) is 9.75. The number of nitrogens with zero attached hydrogens (tertiary/aromatic N) is 3. The fraction of sp³-hybridized carbons (Fsp3) is 0.476. The quantitative estimate of drug-likeness (QED) is 0.668. The Morgan fingerprint density at radius 2 is 2.00 bits per heavy atom. The molecule has 0 saturated carbocycles. The summed E-state index contributed by atoms with van der Waals surface area (Å²) in [6, 6.07) is 7.79. The smallest absolute Gasteiger partial charge is 0.389 e. The number of hydrogen-bond acceptors (Lipinski definition) is 5. The fourth-order valence-corrected chi connectivity index (χ4v) is 3.55. The number of morpholine rings is 1. The first kappa shape index (κ1) is 24.2. The molecular weight excluding hydrogens is 451 g/mol. The van der Waals surface area contributed by atoms with Crippen molar-refractivity contribution in [2.75, 3.05) is 26.3 Å². The van der Waals surface area contributed by atoms with Gasteiger partial charge < -0.3 is 14.7 Å². The topological polar surface area (TPSA) is 84.7 Å². The first-order valence-electron chi connectivity index (χ1n) is 10.1. The highest BCUT2D eigenvalue weighted by Gasteiger charge is 2.27. The Labute approximate surface area is 187 Å². The molecular formula is C21H23ClF3N3O4. The maximum atomic E-state index is 12.8. The van der Waals surface area contributed by atoms with Gasteiger partial charge in [-0.15, -0.1) is 0 Å². The molecule has 0 radical (unpaired) electrons. The SMILES string of the molecule is O=C(Cn1c(CCCC(F)(F)F)nc(-c2ccc(Cl)cc2)cc1=O)N1CCOC(CO)C1. The number of aromatic nitrogens is 2. The van der Waals surface area contributed by atoms with Crippen LogP contribution < -0.4 is 5.56 Å². The summed E-state index contributed by atoms with van der Waals surface area (Å²) in [5.41, 5.74) is 0.345. The van der Waals surface area contributed by atoms with Gasteiger partial charge in [0, 0.05) is 42.6 Å². The maximum absolute atomic E-state index is 12.8. The van der Waals surface area contributed by atoms with Crippen molar-refractivity contribution in [2.24, 2.45) is 0 Å². The highest BCUT2D eigenvalue weighted by atomic mass is 35.5. The number of carbonyl (C=O) groups excluding carboxylic acids is 1. The number of carbonyl (C=O) groups is 1. The van der Waals surface area contributed by atoms with Crippen molar-refractivity contribution in [3.63, 3.8) is 0 Å². The molecule has 2 aromatic rings. The van der Waals surface area contributed by atoms with E-state index in [2.05, 4.69) is 4.98 Å². The predicted molar refractivity (Wildman–Crippen MR) is 111 cm³/mol. The second kappa shape index (κ2) is 10.5. The van der Waals surface area contributed by atoms with Crippen LogP contribution in [0.25, 0.3) is 11.3 Å². The lowest BCUT2D eigenvalue weighted by molar-refractivity contribution is -0.141. The number of aryl methyl sites for hydroxylation is 1. The normalized spacial score (nSPS) is 16.9. The molecule has 1 aromatic heterocycles. The summed E-state index contributed by atoms with van der Waals surface area (Å²) >= 11 is 5.89. The minimum Gasteiger partial charge on any atom is -0.394 e. The molecule has 3 rings (SSSR count). The molecule has 1 N–H and O–H groups in total. The maximum Gasteiger partial charge on any atom is 0.389 e. The zero-order valence-corrected chi connectivity index (χ0v) is 17.9.